The molecule has 3 heterocycles. The van der Waals surface area contributed by atoms with E-state index in [4.69, 9.17) is 9.26 Å². The molecule has 1 aromatic carbocycles. The second-order valence-electron chi connectivity index (χ2n) is 7.51. The Morgan fingerprint density at radius 2 is 2.04 bits per heavy atom. The van der Waals surface area contributed by atoms with Crippen molar-refractivity contribution >= 4 is 5.91 Å². The highest BCUT2D eigenvalue weighted by atomic mass is 16.5. The maximum Gasteiger partial charge on any atom is 0.256 e. The van der Waals surface area contributed by atoms with Gasteiger partial charge in [-0.2, -0.15) is 0 Å². The van der Waals surface area contributed by atoms with E-state index in [9.17, 15) is 4.79 Å². The average Bonchev–Trinajstić information content (AvgIpc) is 3.22. The molecular formula is C21H27N3O3. The van der Waals surface area contributed by atoms with Crippen molar-refractivity contribution in [3.8, 4) is 17.1 Å². The molecule has 27 heavy (non-hydrogen) atoms. The molecule has 0 saturated carbocycles. The highest BCUT2D eigenvalue weighted by molar-refractivity contribution is 5.99. The lowest BCUT2D eigenvalue weighted by molar-refractivity contribution is 0.0575. The molecule has 2 aromatic rings. The van der Waals surface area contributed by atoms with Crippen molar-refractivity contribution in [2.24, 2.45) is 5.92 Å². The number of aromatic nitrogens is 1. The van der Waals surface area contributed by atoms with Crippen LogP contribution in [0.1, 0.15) is 42.5 Å². The smallest absolute Gasteiger partial charge is 0.256 e. The van der Waals surface area contributed by atoms with E-state index < -0.39 is 0 Å². The predicted molar refractivity (Wildman–Crippen MR) is 103 cm³/mol. The summed E-state index contributed by atoms with van der Waals surface area (Å²) in [5.41, 5.74) is 1.30. The molecule has 1 N–H and O–H groups in total. The summed E-state index contributed by atoms with van der Waals surface area (Å²) in [5.74, 6) is 1.68. The molecule has 6 nitrogen and oxygen atoms in total. The Kier molecular flexibility index (Phi) is 5.43. The summed E-state index contributed by atoms with van der Waals surface area (Å²) in [4.78, 5) is 15.4. The van der Waals surface area contributed by atoms with E-state index in [1.165, 1.54) is 51.4 Å². The van der Waals surface area contributed by atoms with E-state index in [-0.39, 0.29) is 5.91 Å². The molecule has 0 bridgehead atoms. The minimum Gasteiger partial charge on any atom is -0.497 e. The third-order valence-electron chi connectivity index (χ3n) is 5.92. The number of rotatable bonds is 5. The zero-order valence-corrected chi connectivity index (χ0v) is 15.8. The second kappa shape index (κ2) is 8.13. The maximum atomic E-state index is 12.8. The molecule has 1 amide bonds. The van der Waals surface area contributed by atoms with Gasteiger partial charge in [-0.25, -0.2) is 0 Å². The summed E-state index contributed by atoms with van der Waals surface area (Å²) in [5, 5.41) is 6.98. The molecule has 0 aliphatic carbocycles. The Hall–Kier alpha value is -2.34. The number of hydrogen-bond donors (Lipinski definition) is 1. The van der Waals surface area contributed by atoms with Crippen molar-refractivity contribution in [1.82, 2.24) is 15.4 Å². The zero-order valence-electron chi connectivity index (χ0n) is 15.8. The van der Waals surface area contributed by atoms with Crippen LogP contribution in [0, 0.1) is 5.92 Å². The van der Waals surface area contributed by atoms with Gasteiger partial charge in [0.1, 0.15) is 11.3 Å². The van der Waals surface area contributed by atoms with Crippen LogP contribution in [-0.2, 0) is 0 Å². The lowest BCUT2D eigenvalue weighted by Gasteiger charge is -2.44. The molecule has 2 atom stereocenters. The Balaban J connectivity index is 1.42. The van der Waals surface area contributed by atoms with Crippen LogP contribution in [0.25, 0.3) is 11.3 Å². The van der Waals surface area contributed by atoms with Gasteiger partial charge in [0.25, 0.3) is 5.91 Å². The number of fused-ring (bicyclic) bond motifs is 1. The molecule has 1 aromatic heterocycles. The van der Waals surface area contributed by atoms with Gasteiger partial charge in [0.05, 0.1) is 13.3 Å². The van der Waals surface area contributed by atoms with E-state index >= 15 is 0 Å². The first-order valence-corrected chi connectivity index (χ1v) is 9.87. The van der Waals surface area contributed by atoms with Crippen molar-refractivity contribution in [3.63, 3.8) is 0 Å². The monoisotopic (exact) mass is 369 g/mol. The molecule has 4 rings (SSSR count). The maximum absolute atomic E-state index is 12.8. The molecule has 2 fully saturated rings. The van der Waals surface area contributed by atoms with Crippen molar-refractivity contribution in [3.05, 3.63) is 36.0 Å². The predicted octanol–water partition coefficient (Wildman–Crippen LogP) is 3.34. The van der Waals surface area contributed by atoms with Crippen LogP contribution in [0.2, 0.25) is 0 Å². The van der Waals surface area contributed by atoms with Crippen molar-refractivity contribution < 1.29 is 14.1 Å². The fourth-order valence-electron chi connectivity index (χ4n) is 4.49. The van der Waals surface area contributed by atoms with Gasteiger partial charge >= 0.3 is 0 Å². The molecule has 6 heteroatoms. The van der Waals surface area contributed by atoms with Crippen molar-refractivity contribution in [2.75, 3.05) is 26.7 Å². The molecule has 0 spiro atoms. The number of piperidine rings is 2. The SMILES string of the molecule is COc1ccc(-c2oncc2C(=O)NC[C@@H]2CCCN3CCCC[C@@H]23)cc1. The minimum absolute atomic E-state index is 0.116. The molecule has 2 aliphatic heterocycles. The van der Waals surface area contributed by atoms with E-state index in [0.29, 0.717) is 29.8 Å². The van der Waals surface area contributed by atoms with Gasteiger partial charge in [-0.3, -0.25) is 4.79 Å². The third kappa shape index (κ3) is 3.86. The Labute approximate surface area is 159 Å². The van der Waals surface area contributed by atoms with Crippen molar-refractivity contribution in [2.45, 2.75) is 38.1 Å². The number of ether oxygens (including phenoxy) is 1. The van der Waals surface area contributed by atoms with Crippen LogP contribution in [-0.4, -0.2) is 48.7 Å². The fraction of sp³-hybridized carbons (Fsp3) is 0.524. The van der Waals surface area contributed by atoms with Gasteiger partial charge in [-0.1, -0.05) is 11.6 Å². The second-order valence-corrected chi connectivity index (χ2v) is 7.51. The number of nitrogens with one attached hydrogen (secondary N) is 1. The summed E-state index contributed by atoms with van der Waals surface area (Å²) in [6, 6.07) is 8.06. The Morgan fingerprint density at radius 3 is 2.85 bits per heavy atom. The summed E-state index contributed by atoms with van der Waals surface area (Å²) in [6.45, 7) is 3.14. The lowest BCUT2D eigenvalue weighted by Crippen LogP contribution is -2.51. The quantitative estimate of drug-likeness (QED) is 0.875. The van der Waals surface area contributed by atoms with Crippen LogP contribution in [0.4, 0.5) is 0 Å². The number of amides is 1. The molecule has 0 radical (unpaired) electrons. The first kappa shape index (κ1) is 18.0. The number of carbonyl (C=O) groups excluding carboxylic acids is 1. The summed E-state index contributed by atoms with van der Waals surface area (Å²) in [6.07, 6.45) is 7.78. The van der Waals surface area contributed by atoms with Crippen LogP contribution in [0.15, 0.2) is 35.0 Å². The molecule has 2 saturated heterocycles. The highest BCUT2D eigenvalue weighted by Crippen LogP contribution is 2.31. The van der Waals surface area contributed by atoms with E-state index in [1.54, 1.807) is 7.11 Å². The van der Waals surface area contributed by atoms with Crippen LogP contribution in [0.3, 0.4) is 0 Å². The zero-order chi connectivity index (χ0) is 18.6. The molecular weight excluding hydrogens is 342 g/mol. The highest BCUT2D eigenvalue weighted by Gasteiger charge is 2.33. The van der Waals surface area contributed by atoms with Gasteiger partial charge in [-0.15, -0.1) is 0 Å². The summed E-state index contributed by atoms with van der Waals surface area (Å²) in [7, 11) is 1.63. The standard InChI is InChI=1S/C21H27N3O3/c1-26-17-9-7-15(8-10-17)20-18(14-23-27-20)21(25)22-13-16-5-4-12-24-11-3-2-6-19(16)24/h7-10,14,16,19H,2-6,11-13H2,1H3,(H,22,25)/t16-,19-/m0/s1. The lowest BCUT2D eigenvalue weighted by atomic mass is 9.83. The van der Waals surface area contributed by atoms with E-state index in [2.05, 4.69) is 15.4 Å². The van der Waals surface area contributed by atoms with Crippen LogP contribution >= 0.6 is 0 Å². The number of carbonyl (C=O) groups is 1. The topological polar surface area (TPSA) is 67.6 Å². The summed E-state index contributed by atoms with van der Waals surface area (Å²) < 4.78 is 10.5. The minimum atomic E-state index is -0.116. The molecule has 0 unspecified atom stereocenters. The van der Waals surface area contributed by atoms with Crippen LogP contribution < -0.4 is 10.1 Å². The largest absolute Gasteiger partial charge is 0.497 e. The van der Waals surface area contributed by atoms with Gasteiger partial charge < -0.3 is 19.5 Å². The Bertz CT molecular complexity index is 769. The van der Waals surface area contributed by atoms with Gasteiger partial charge in [-0.05, 0) is 69.0 Å². The number of methoxy groups -OCH3 is 1. The van der Waals surface area contributed by atoms with Crippen LogP contribution in [0.5, 0.6) is 5.75 Å². The molecule has 144 valence electrons. The first-order valence-electron chi connectivity index (χ1n) is 9.87. The third-order valence-corrected chi connectivity index (χ3v) is 5.92. The van der Waals surface area contributed by atoms with Gasteiger partial charge in [0.2, 0.25) is 0 Å². The normalized spacial score (nSPS) is 22.9. The average molecular weight is 369 g/mol. The van der Waals surface area contributed by atoms with Gasteiger partial charge in [0.15, 0.2) is 5.76 Å². The summed E-state index contributed by atoms with van der Waals surface area (Å²) >= 11 is 0. The fourth-order valence-corrected chi connectivity index (χ4v) is 4.49. The number of hydrogen-bond acceptors (Lipinski definition) is 5. The van der Waals surface area contributed by atoms with Crippen molar-refractivity contribution in [1.29, 1.82) is 0 Å². The van der Waals surface area contributed by atoms with E-state index in [1.807, 2.05) is 24.3 Å². The number of benzene rings is 1. The van der Waals surface area contributed by atoms with Gasteiger partial charge in [0, 0.05) is 18.2 Å². The first-order chi connectivity index (χ1) is 13.3. The Morgan fingerprint density at radius 1 is 1.22 bits per heavy atom. The molecule has 2 aliphatic rings. The number of nitrogens with zero attached hydrogens (tertiary/aromatic N) is 2. The van der Waals surface area contributed by atoms with E-state index in [0.717, 1.165) is 11.3 Å².